The molecule has 184 valence electrons. The lowest BCUT2D eigenvalue weighted by atomic mass is 10.1. The second-order valence-corrected chi connectivity index (χ2v) is 10.3. The van der Waals surface area contributed by atoms with Crippen LogP contribution in [0.5, 0.6) is 0 Å². The number of imidazole rings is 1. The van der Waals surface area contributed by atoms with Gasteiger partial charge in [-0.15, -0.1) is 0 Å². The van der Waals surface area contributed by atoms with Crippen LogP contribution in [0, 0.1) is 6.92 Å². The van der Waals surface area contributed by atoms with Crippen LogP contribution in [0.3, 0.4) is 0 Å². The van der Waals surface area contributed by atoms with Crippen molar-refractivity contribution in [3.05, 3.63) is 72.9 Å². The van der Waals surface area contributed by atoms with Crippen LogP contribution in [0.15, 0.2) is 72.0 Å². The zero-order valence-corrected chi connectivity index (χ0v) is 20.8. The van der Waals surface area contributed by atoms with Gasteiger partial charge in [0.2, 0.25) is 5.95 Å². The van der Waals surface area contributed by atoms with E-state index < -0.39 is 16.1 Å². The Balaban J connectivity index is 1.58. The highest BCUT2D eigenvalue weighted by atomic mass is 32.2. The molecule has 0 radical (unpaired) electrons. The van der Waals surface area contributed by atoms with Crippen molar-refractivity contribution in [3.8, 4) is 22.6 Å². The van der Waals surface area contributed by atoms with Crippen molar-refractivity contribution in [2.75, 3.05) is 11.9 Å². The zero-order chi connectivity index (χ0) is 25.4. The fraction of sp³-hybridized carbons (Fsp3) is 0.200. The lowest BCUT2D eigenvalue weighted by molar-refractivity contribution is 0.208. The highest BCUT2D eigenvalue weighted by molar-refractivity contribution is 7.90. The maximum Gasteiger partial charge on any atom is 0.269 e. The summed E-state index contributed by atoms with van der Waals surface area (Å²) in [4.78, 5) is 18.3. The number of rotatable bonds is 7. The lowest BCUT2D eigenvalue weighted by Gasteiger charge is -2.10. The first kappa shape index (κ1) is 23.6. The summed E-state index contributed by atoms with van der Waals surface area (Å²) in [5.41, 5.74) is 3.16. The van der Waals surface area contributed by atoms with Crippen LogP contribution < -0.4 is 5.32 Å². The van der Waals surface area contributed by atoms with Gasteiger partial charge >= 0.3 is 0 Å². The number of aliphatic hydroxyl groups excluding tert-OH is 1. The molecule has 0 unspecified atom stereocenters. The van der Waals surface area contributed by atoms with Crippen LogP contribution in [-0.2, 0) is 17.1 Å². The number of aliphatic hydroxyl groups is 1. The minimum absolute atomic E-state index is 0.194. The molecule has 4 aromatic heterocycles. The lowest BCUT2D eigenvalue weighted by Crippen LogP contribution is -2.17. The molecule has 0 aliphatic carbocycles. The predicted octanol–water partition coefficient (Wildman–Crippen LogP) is 3.23. The van der Waals surface area contributed by atoms with Gasteiger partial charge in [-0.1, -0.05) is 18.2 Å². The van der Waals surface area contributed by atoms with Gasteiger partial charge in [-0.25, -0.2) is 32.3 Å². The minimum Gasteiger partial charge on any atom is -0.392 e. The largest absolute Gasteiger partial charge is 0.392 e. The monoisotopic (exact) mass is 503 g/mol. The second-order valence-electron chi connectivity index (χ2n) is 8.48. The van der Waals surface area contributed by atoms with E-state index in [4.69, 9.17) is 4.98 Å². The van der Waals surface area contributed by atoms with E-state index in [1.807, 2.05) is 24.6 Å². The molecule has 0 bridgehead atoms. The average Bonchev–Trinajstić information content (AvgIpc) is 3.44. The van der Waals surface area contributed by atoms with Gasteiger partial charge in [0.25, 0.3) is 10.0 Å². The van der Waals surface area contributed by atoms with E-state index in [-0.39, 0.29) is 4.90 Å². The van der Waals surface area contributed by atoms with Crippen LogP contribution >= 0.6 is 0 Å². The van der Waals surface area contributed by atoms with Gasteiger partial charge in [-0.3, -0.25) is 0 Å². The molecule has 0 saturated heterocycles. The number of nitrogens with zero attached hydrogens (tertiary/aromatic N) is 6. The molecule has 2 N–H and O–H groups in total. The van der Waals surface area contributed by atoms with E-state index in [1.54, 1.807) is 61.8 Å². The first-order valence-corrected chi connectivity index (χ1v) is 12.8. The van der Waals surface area contributed by atoms with E-state index in [2.05, 4.69) is 20.3 Å². The van der Waals surface area contributed by atoms with E-state index in [1.165, 1.54) is 10.2 Å². The highest BCUT2D eigenvalue weighted by Crippen LogP contribution is 2.33. The van der Waals surface area contributed by atoms with Gasteiger partial charge in [-0.05, 0) is 44.2 Å². The van der Waals surface area contributed by atoms with Gasteiger partial charge in [0.05, 0.1) is 28.1 Å². The smallest absolute Gasteiger partial charge is 0.269 e. The molecule has 1 aromatic carbocycles. The SMILES string of the molecule is Cc1nc(-c2cnc3c(ccn3S(=O)(=O)c3ccccc3)c2)c(-c2ccnc(NC[C@H](C)O)n2)n1C. The number of hydrogen-bond acceptors (Lipinski definition) is 8. The van der Waals surface area contributed by atoms with E-state index in [0.717, 1.165) is 17.1 Å². The molecule has 1 atom stereocenters. The molecule has 0 fully saturated rings. The molecule has 36 heavy (non-hydrogen) atoms. The number of anilines is 1. The Morgan fingerprint density at radius 3 is 2.61 bits per heavy atom. The van der Waals surface area contributed by atoms with Gasteiger partial charge in [0, 0.05) is 43.1 Å². The Morgan fingerprint density at radius 2 is 1.86 bits per heavy atom. The molecule has 11 heteroatoms. The van der Waals surface area contributed by atoms with Gasteiger partial charge in [0.15, 0.2) is 5.65 Å². The molecule has 4 heterocycles. The third-order valence-electron chi connectivity index (χ3n) is 5.84. The molecule has 0 amide bonds. The van der Waals surface area contributed by atoms with Crippen molar-refractivity contribution in [1.29, 1.82) is 0 Å². The Hall–Kier alpha value is -4.09. The van der Waals surface area contributed by atoms with Crippen molar-refractivity contribution in [2.45, 2.75) is 24.8 Å². The summed E-state index contributed by atoms with van der Waals surface area (Å²) in [6, 6.07) is 13.7. The molecule has 5 aromatic rings. The van der Waals surface area contributed by atoms with E-state index in [0.29, 0.717) is 34.9 Å². The van der Waals surface area contributed by atoms with Gasteiger partial charge in [-0.2, -0.15) is 0 Å². The second kappa shape index (κ2) is 9.17. The summed E-state index contributed by atoms with van der Waals surface area (Å²) in [6.07, 6.45) is 4.24. The molecule has 0 aliphatic heterocycles. The third-order valence-corrected chi connectivity index (χ3v) is 7.52. The van der Waals surface area contributed by atoms with Crippen LogP contribution in [0.2, 0.25) is 0 Å². The average molecular weight is 504 g/mol. The molecule has 0 aliphatic rings. The summed E-state index contributed by atoms with van der Waals surface area (Å²) in [7, 11) is -1.87. The quantitative estimate of drug-likeness (QED) is 0.346. The normalized spacial score (nSPS) is 12.7. The number of aryl methyl sites for hydroxylation is 1. The number of pyridine rings is 1. The molecular formula is C25H25N7O3S. The van der Waals surface area contributed by atoms with Crippen LogP contribution in [0.25, 0.3) is 33.7 Å². The maximum atomic E-state index is 13.1. The fourth-order valence-corrected chi connectivity index (χ4v) is 5.28. The maximum absolute atomic E-state index is 13.1. The van der Waals surface area contributed by atoms with E-state index in [9.17, 15) is 13.5 Å². The van der Waals surface area contributed by atoms with Gasteiger partial charge < -0.3 is 15.0 Å². The number of benzene rings is 1. The topological polar surface area (TPSA) is 128 Å². The molecule has 0 spiro atoms. The van der Waals surface area contributed by atoms with Crippen molar-refractivity contribution in [3.63, 3.8) is 0 Å². The first-order valence-electron chi connectivity index (χ1n) is 11.3. The number of fused-ring (bicyclic) bond motifs is 1. The summed E-state index contributed by atoms with van der Waals surface area (Å²) in [5, 5.41) is 13.3. The van der Waals surface area contributed by atoms with Crippen molar-refractivity contribution in [1.82, 2.24) is 28.5 Å². The summed E-state index contributed by atoms with van der Waals surface area (Å²) >= 11 is 0. The summed E-state index contributed by atoms with van der Waals surface area (Å²) in [5.74, 6) is 1.18. The minimum atomic E-state index is -3.78. The Kier molecular flexibility index (Phi) is 6.02. The van der Waals surface area contributed by atoms with Crippen LogP contribution in [-0.4, -0.2) is 54.6 Å². The number of nitrogens with one attached hydrogen (secondary N) is 1. The number of hydrogen-bond donors (Lipinski definition) is 2. The Labute approximate surface area is 208 Å². The standard InChI is InChI=1S/C25H25N7O3S/c1-16(33)14-28-25-26-11-9-21(30-25)23-22(29-17(2)31(23)3)19-13-18-10-12-32(24(18)27-15-19)36(34,35)20-7-5-4-6-8-20/h4-13,15-16,33H,14H2,1-3H3,(H,26,28,30)/t16-/m0/s1. The van der Waals surface area contributed by atoms with E-state index >= 15 is 0 Å². The Bertz CT molecular complexity index is 1660. The molecule has 0 saturated carbocycles. The molecular weight excluding hydrogens is 478 g/mol. The highest BCUT2D eigenvalue weighted by Gasteiger charge is 2.22. The number of aromatic nitrogens is 6. The zero-order valence-electron chi connectivity index (χ0n) is 20.0. The van der Waals surface area contributed by atoms with Crippen LogP contribution in [0.1, 0.15) is 12.7 Å². The Morgan fingerprint density at radius 1 is 1.08 bits per heavy atom. The third kappa shape index (κ3) is 4.23. The fourth-order valence-electron chi connectivity index (χ4n) is 3.95. The first-order chi connectivity index (χ1) is 17.3. The van der Waals surface area contributed by atoms with Crippen LogP contribution in [0.4, 0.5) is 5.95 Å². The van der Waals surface area contributed by atoms with Crippen molar-refractivity contribution in [2.24, 2.45) is 7.05 Å². The molecule has 5 rings (SSSR count). The van der Waals surface area contributed by atoms with Crippen molar-refractivity contribution >= 4 is 27.0 Å². The summed E-state index contributed by atoms with van der Waals surface area (Å²) in [6.45, 7) is 3.90. The van der Waals surface area contributed by atoms with Gasteiger partial charge in [0.1, 0.15) is 5.82 Å². The summed E-state index contributed by atoms with van der Waals surface area (Å²) < 4.78 is 29.4. The predicted molar refractivity (Wildman–Crippen MR) is 137 cm³/mol. The van der Waals surface area contributed by atoms with Crippen molar-refractivity contribution < 1.29 is 13.5 Å². The molecule has 10 nitrogen and oxygen atoms in total.